The van der Waals surface area contributed by atoms with Crippen molar-refractivity contribution in [1.29, 1.82) is 5.26 Å². The molecule has 1 fully saturated rings. The Morgan fingerprint density at radius 2 is 2.08 bits per heavy atom. The topological polar surface area (TPSA) is 67.2 Å². The molecule has 5 nitrogen and oxygen atoms in total. The Kier molecular flexibility index (Phi) is 5.24. The average Bonchev–Trinajstić information content (AvgIpc) is 2.62. The van der Waals surface area contributed by atoms with E-state index < -0.39 is 5.82 Å². The largest absolute Gasteiger partial charge is 0.484 e. The van der Waals surface area contributed by atoms with E-state index >= 15 is 0 Å². The number of rotatable bonds is 5. The van der Waals surface area contributed by atoms with Crippen molar-refractivity contribution in [3.8, 4) is 17.7 Å². The summed E-state index contributed by atoms with van der Waals surface area (Å²) in [5, 5.41) is 12.0. The van der Waals surface area contributed by atoms with Crippen LogP contribution in [0.5, 0.6) is 11.6 Å². The van der Waals surface area contributed by atoms with E-state index in [1.54, 1.807) is 6.07 Å². The van der Waals surface area contributed by atoms with Crippen LogP contribution < -0.4 is 14.8 Å². The highest BCUT2D eigenvalue weighted by Gasteiger charge is 2.15. The van der Waals surface area contributed by atoms with Crippen molar-refractivity contribution >= 4 is 0 Å². The van der Waals surface area contributed by atoms with Crippen LogP contribution in [0.25, 0.3) is 0 Å². The van der Waals surface area contributed by atoms with E-state index in [1.165, 1.54) is 12.1 Å². The number of nitrogens with zero attached hydrogens (tertiary/aromatic N) is 2. The number of piperidine rings is 1. The number of halogens is 1. The molecular formula is C18H18FN3O2. The van der Waals surface area contributed by atoms with Gasteiger partial charge in [-0.05, 0) is 50.2 Å². The number of pyridine rings is 1. The first-order chi connectivity index (χ1) is 11.7. The zero-order valence-corrected chi connectivity index (χ0v) is 13.2. The van der Waals surface area contributed by atoms with Gasteiger partial charge in [-0.25, -0.2) is 9.37 Å². The van der Waals surface area contributed by atoms with Crippen molar-refractivity contribution in [2.24, 2.45) is 0 Å². The average molecular weight is 327 g/mol. The zero-order chi connectivity index (χ0) is 16.8. The summed E-state index contributed by atoms with van der Waals surface area (Å²) in [5.41, 5.74) is 0.917. The summed E-state index contributed by atoms with van der Waals surface area (Å²) in [6.45, 7) is 2.03. The summed E-state index contributed by atoms with van der Waals surface area (Å²) in [7, 11) is 0. The van der Waals surface area contributed by atoms with Gasteiger partial charge in [-0.2, -0.15) is 5.26 Å². The maximum absolute atomic E-state index is 13.8. The van der Waals surface area contributed by atoms with Gasteiger partial charge in [-0.1, -0.05) is 6.07 Å². The van der Waals surface area contributed by atoms with Gasteiger partial charge >= 0.3 is 0 Å². The molecule has 3 rings (SSSR count). The molecule has 0 amide bonds. The summed E-state index contributed by atoms with van der Waals surface area (Å²) in [4.78, 5) is 4.40. The molecule has 0 spiro atoms. The summed E-state index contributed by atoms with van der Waals surface area (Å²) >= 11 is 0. The van der Waals surface area contributed by atoms with E-state index in [2.05, 4.69) is 10.3 Å². The van der Waals surface area contributed by atoms with Crippen LogP contribution in [-0.2, 0) is 6.61 Å². The molecule has 24 heavy (non-hydrogen) atoms. The van der Waals surface area contributed by atoms with Crippen LogP contribution in [0.3, 0.4) is 0 Å². The maximum atomic E-state index is 13.8. The highest BCUT2D eigenvalue weighted by molar-refractivity contribution is 5.36. The van der Waals surface area contributed by atoms with E-state index in [0.717, 1.165) is 32.0 Å². The molecule has 1 N–H and O–H groups in total. The van der Waals surface area contributed by atoms with E-state index in [0.29, 0.717) is 11.6 Å². The fraction of sp³-hybridized carbons (Fsp3) is 0.333. The quantitative estimate of drug-likeness (QED) is 0.914. The minimum atomic E-state index is -0.559. The van der Waals surface area contributed by atoms with E-state index in [4.69, 9.17) is 14.7 Å². The van der Waals surface area contributed by atoms with Crippen LogP contribution in [-0.4, -0.2) is 24.2 Å². The highest BCUT2D eigenvalue weighted by Crippen LogP contribution is 2.20. The summed E-state index contributed by atoms with van der Waals surface area (Å²) in [5.74, 6) is 0.0972. The highest BCUT2D eigenvalue weighted by atomic mass is 19.1. The minimum Gasteiger partial charge on any atom is -0.484 e. The van der Waals surface area contributed by atoms with Crippen LogP contribution in [0.4, 0.5) is 4.39 Å². The molecule has 1 aliphatic rings. The molecule has 0 atom stereocenters. The van der Waals surface area contributed by atoms with E-state index in [1.807, 2.05) is 18.2 Å². The van der Waals surface area contributed by atoms with Crippen molar-refractivity contribution in [2.75, 3.05) is 13.1 Å². The molecule has 0 bridgehead atoms. The second-order valence-electron chi connectivity index (χ2n) is 5.58. The first kappa shape index (κ1) is 16.2. The molecular weight excluding hydrogens is 309 g/mol. The molecule has 1 aromatic heterocycles. The molecule has 124 valence electrons. The Balaban J connectivity index is 1.61. The third-order valence-electron chi connectivity index (χ3n) is 3.79. The van der Waals surface area contributed by atoms with Gasteiger partial charge in [-0.15, -0.1) is 0 Å². The second-order valence-corrected chi connectivity index (χ2v) is 5.58. The summed E-state index contributed by atoms with van der Waals surface area (Å²) in [6, 6.07) is 11.5. The third kappa shape index (κ3) is 4.21. The number of nitrogens with one attached hydrogen (secondary N) is 1. The lowest BCUT2D eigenvalue weighted by Gasteiger charge is -2.23. The Morgan fingerprint density at radius 3 is 2.83 bits per heavy atom. The molecule has 0 aliphatic carbocycles. The monoisotopic (exact) mass is 327 g/mol. The van der Waals surface area contributed by atoms with Crippen molar-refractivity contribution in [3.63, 3.8) is 0 Å². The molecule has 2 aromatic rings. The van der Waals surface area contributed by atoms with Gasteiger partial charge in [0.05, 0.1) is 17.3 Å². The molecule has 2 heterocycles. The molecule has 0 radical (unpaired) electrons. The van der Waals surface area contributed by atoms with Gasteiger partial charge in [0.25, 0.3) is 0 Å². The van der Waals surface area contributed by atoms with Gasteiger partial charge in [0.1, 0.15) is 12.7 Å². The van der Waals surface area contributed by atoms with Gasteiger partial charge in [0.15, 0.2) is 11.6 Å². The van der Waals surface area contributed by atoms with Crippen molar-refractivity contribution in [3.05, 3.63) is 53.5 Å². The standard InChI is InChI=1S/C18H18FN3O2/c19-16-10-13(11-20)4-5-17(16)23-12-14-2-1-3-18(22-14)24-15-6-8-21-9-7-15/h1-5,10,15,21H,6-9,12H2. The molecule has 0 saturated carbocycles. The number of aromatic nitrogens is 1. The van der Waals surface area contributed by atoms with Crippen molar-refractivity contribution in [2.45, 2.75) is 25.6 Å². The summed E-state index contributed by atoms with van der Waals surface area (Å²) < 4.78 is 25.1. The van der Waals surface area contributed by atoms with Crippen LogP contribution in [0.15, 0.2) is 36.4 Å². The molecule has 6 heteroatoms. The fourth-order valence-electron chi connectivity index (χ4n) is 2.53. The maximum Gasteiger partial charge on any atom is 0.213 e. The van der Waals surface area contributed by atoms with Crippen molar-refractivity contribution in [1.82, 2.24) is 10.3 Å². The first-order valence-corrected chi connectivity index (χ1v) is 7.90. The number of hydrogen-bond acceptors (Lipinski definition) is 5. The predicted octanol–water partition coefficient (Wildman–Crippen LogP) is 2.80. The van der Waals surface area contributed by atoms with Gasteiger partial charge in [0, 0.05) is 6.07 Å². The lowest BCUT2D eigenvalue weighted by molar-refractivity contribution is 0.155. The van der Waals surface area contributed by atoms with Crippen molar-refractivity contribution < 1.29 is 13.9 Å². The van der Waals surface area contributed by atoms with Crippen LogP contribution in [0, 0.1) is 17.1 Å². The normalized spacial score (nSPS) is 14.8. The smallest absolute Gasteiger partial charge is 0.213 e. The Hall–Kier alpha value is -2.65. The Morgan fingerprint density at radius 1 is 1.25 bits per heavy atom. The number of benzene rings is 1. The van der Waals surface area contributed by atoms with E-state index in [9.17, 15) is 4.39 Å². The molecule has 1 aliphatic heterocycles. The predicted molar refractivity (Wildman–Crippen MR) is 86.2 cm³/mol. The van der Waals surface area contributed by atoms with Crippen LogP contribution in [0.1, 0.15) is 24.1 Å². The molecule has 1 saturated heterocycles. The fourth-order valence-corrected chi connectivity index (χ4v) is 2.53. The SMILES string of the molecule is N#Cc1ccc(OCc2cccc(OC3CCNCC3)n2)c(F)c1. The summed E-state index contributed by atoms with van der Waals surface area (Å²) in [6.07, 6.45) is 2.09. The lowest BCUT2D eigenvalue weighted by Crippen LogP contribution is -2.34. The molecule has 0 unspecified atom stereocenters. The minimum absolute atomic E-state index is 0.0977. The van der Waals surface area contributed by atoms with Gasteiger partial charge in [-0.3, -0.25) is 0 Å². The number of ether oxygens (including phenoxy) is 2. The Labute approximate surface area is 140 Å². The molecule has 1 aromatic carbocycles. The number of nitriles is 1. The zero-order valence-electron chi connectivity index (χ0n) is 13.2. The van der Waals surface area contributed by atoms with Gasteiger partial charge < -0.3 is 14.8 Å². The second kappa shape index (κ2) is 7.75. The van der Waals surface area contributed by atoms with Crippen LogP contribution >= 0.6 is 0 Å². The van der Waals surface area contributed by atoms with Gasteiger partial charge in [0.2, 0.25) is 5.88 Å². The third-order valence-corrected chi connectivity index (χ3v) is 3.79. The lowest BCUT2D eigenvalue weighted by atomic mass is 10.1. The van der Waals surface area contributed by atoms with Crippen LogP contribution in [0.2, 0.25) is 0 Å². The Bertz CT molecular complexity index is 739. The first-order valence-electron chi connectivity index (χ1n) is 7.90. The van der Waals surface area contributed by atoms with E-state index in [-0.39, 0.29) is 24.0 Å². The number of hydrogen-bond donors (Lipinski definition) is 1.